The second-order valence-corrected chi connectivity index (χ2v) is 5.03. The van der Waals surface area contributed by atoms with Gasteiger partial charge in [0, 0.05) is 12.6 Å². The maximum atomic E-state index is 11.3. The molecule has 1 aliphatic carbocycles. The van der Waals surface area contributed by atoms with Gasteiger partial charge in [0.1, 0.15) is 0 Å². The van der Waals surface area contributed by atoms with Crippen molar-refractivity contribution in [1.82, 2.24) is 9.44 Å². The number of hydrogen-bond donors (Lipinski definition) is 2. The van der Waals surface area contributed by atoms with Gasteiger partial charge in [0.05, 0.1) is 0 Å². The van der Waals surface area contributed by atoms with Gasteiger partial charge in [-0.15, -0.1) is 0 Å². The SMILES string of the molecule is CCCNS(=O)(=O)NC1CCCC1. The molecule has 0 amide bonds. The second kappa shape index (κ2) is 4.93. The van der Waals surface area contributed by atoms with Gasteiger partial charge in [-0.25, -0.2) is 4.72 Å². The van der Waals surface area contributed by atoms with Crippen molar-refractivity contribution in [2.75, 3.05) is 6.54 Å². The Hall–Kier alpha value is -0.130. The molecular weight excluding hydrogens is 188 g/mol. The van der Waals surface area contributed by atoms with Crippen LogP contribution in [0.25, 0.3) is 0 Å². The van der Waals surface area contributed by atoms with Crippen LogP contribution in [-0.2, 0) is 10.2 Å². The molecule has 0 spiro atoms. The number of rotatable bonds is 5. The van der Waals surface area contributed by atoms with Crippen LogP contribution in [-0.4, -0.2) is 21.0 Å². The molecule has 0 saturated heterocycles. The van der Waals surface area contributed by atoms with Crippen LogP contribution in [0.5, 0.6) is 0 Å². The van der Waals surface area contributed by atoms with Crippen LogP contribution in [0, 0.1) is 0 Å². The molecular formula is C8H18N2O2S. The van der Waals surface area contributed by atoms with Crippen LogP contribution < -0.4 is 9.44 Å². The van der Waals surface area contributed by atoms with Crippen molar-refractivity contribution in [3.63, 3.8) is 0 Å². The van der Waals surface area contributed by atoms with Crippen LogP contribution in [0.4, 0.5) is 0 Å². The van der Waals surface area contributed by atoms with Gasteiger partial charge >= 0.3 is 0 Å². The lowest BCUT2D eigenvalue weighted by molar-refractivity contribution is 0.538. The Balaban J connectivity index is 2.32. The molecule has 0 unspecified atom stereocenters. The van der Waals surface area contributed by atoms with E-state index in [1.54, 1.807) is 0 Å². The molecule has 78 valence electrons. The smallest absolute Gasteiger partial charge is 0.202 e. The van der Waals surface area contributed by atoms with Crippen molar-refractivity contribution in [3.8, 4) is 0 Å². The van der Waals surface area contributed by atoms with E-state index in [0.29, 0.717) is 6.54 Å². The summed E-state index contributed by atoms with van der Waals surface area (Å²) in [5, 5.41) is 0. The summed E-state index contributed by atoms with van der Waals surface area (Å²) < 4.78 is 27.8. The Kier molecular flexibility index (Phi) is 4.15. The topological polar surface area (TPSA) is 58.2 Å². The number of nitrogens with one attached hydrogen (secondary N) is 2. The van der Waals surface area contributed by atoms with E-state index in [4.69, 9.17) is 0 Å². The summed E-state index contributed by atoms with van der Waals surface area (Å²) in [7, 11) is -3.23. The highest BCUT2D eigenvalue weighted by Gasteiger charge is 2.20. The molecule has 1 saturated carbocycles. The summed E-state index contributed by atoms with van der Waals surface area (Å²) in [5.74, 6) is 0. The average Bonchev–Trinajstić information content (AvgIpc) is 2.52. The molecule has 0 radical (unpaired) electrons. The highest BCUT2D eigenvalue weighted by molar-refractivity contribution is 7.87. The maximum Gasteiger partial charge on any atom is 0.277 e. The van der Waals surface area contributed by atoms with Gasteiger partial charge in [-0.2, -0.15) is 13.1 Å². The Morgan fingerprint density at radius 3 is 2.46 bits per heavy atom. The third-order valence-electron chi connectivity index (χ3n) is 2.22. The molecule has 0 aromatic carbocycles. The van der Waals surface area contributed by atoms with Gasteiger partial charge < -0.3 is 0 Å². The molecule has 1 rings (SSSR count). The minimum Gasteiger partial charge on any atom is -0.202 e. The molecule has 1 fully saturated rings. The summed E-state index contributed by atoms with van der Waals surface area (Å²) >= 11 is 0. The molecule has 4 nitrogen and oxygen atoms in total. The van der Waals surface area contributed by atoms with Gasteiger partial charge in [-0.1, -0.05) is 19.8 Å². The molecule has 0 atom stereocenters. The Labute approximate surface area is 80.3 Å². The first-order valence-corrected chi connectivity index (χ1v) is 6.39. The zero-order valence-electron chi connectivity index (χ0n) is 8.04. The van der Waals surface area contributed by atoms with E-state index in [1.165, 1.54) is 0 Å². The first-order chi connectivity index (χ1) is 6.14. The van der Waals surface area contributed by atoms with Gasteiger partial charge in [0.2, 0.25) is 0 Å². The average molecular weight is 206 g/mol. The molecule has 0 aliphatic heterocycles. The van der Waals surface area contributed by atoms with E-state index in [0.717, 1.165) is 32.1 Å². The third-order valence-corrected chi connectivity index (χ3v) is 3.45. The maximum absolute atomic E-state index is 11.3. The fourth-order valence-corrected chi connectivity index (χ4v) is 2.77. The van der Waals surface area contributed by atoms with E-state index in [1.807, 2.05) is 6.92 Å². The summed E-state index contributed by atoms with van der Waals surface area (Å²) in [6.45, 7) is 2.46. The molecule has 1 aliphatic rings. The van der Waals surface area contributed by atoms with Crippen LogP contribution >= 0.6 is 0 Å². The van der Waals surface area contributed by atoms with Gasteiger partial charge in [0.25, 0.3) is 10.2 Å². The van der Waals surface area contributed by atoms with E-state index >= 15 is 0 Å². The van der Waals surface area contributed by atoms with Crippen molar-refractivity contribution in [2.45, 2.75) is 45.1 Å². The van der Waals surface area contributed by atoms with Gasteiger partial charge in [0.15, 0.2) is 0 Å². The summed E-state index contributed by atoms with van der Waals surface area (Å²) in [5.41, 5.74) is 0. The van der Waals surface area contributed by atoms with Gasteiger partial charge in [-0.3, -0.25) is 0 Å². The minimum absolute atomic E-state index is 0.161. The summed E-state index contributed by atoms with van der Waals surface area (Å²) in [6, 6.07) is 0.161. The first kappa shape index (κ1) is 10.9. The molecule has 0 bridgehead atoms. The largest absolute Gasteiger partial charge is 0.277 e. The highest BCUT2D eigenvalue weighted by atomic mass is 32.2. The Bertz CT molecular complexity index is 233. The Morgan fingerprint density at radius 2 is 1.92 bits per heavy atom. The van der Waals surface area contributed by atoms with Crippen molar-refractivity contribution in [3.05, 3.63) is 0 Å². The van der Waals surface area contributed by atoms with Gasteiger partial charge in [-0.05, 0) is 19.3 Å². The lowest BCUT2D eigenvalue weighted by Crippen LogP contribution is -2.41. The third kappa shape index (κ3) is 4.06. The lowest BCUT2D eigenvalue weighted by Gasteiger charge is -2.12. The Morgan fingerprint density at radius 1 is 1.31 bits per heavy atom. The quantitative estimate of drug-likeness (QED) is 0.698. The van der Waals surface area contributed by atoms with Crippen LogP contribution in [0.3, 0.4) is 0 Å². The van der Waals surface area contributed by atoms with Crippen molar-refractivity contribution in [2.24, 2.45) is 0 Å². The zero-order chi connectivity index (χ0) is 9.73. The fourth-order valence-electron chi connectivity index (χ4n) is 1.54. The summed E-state index contributed by atoms with van der Waals surface area (Å²) in [4.78, 5) is 0. The van der Waals surface area contributed by atoms with E-state index in [2.05, 4.69) is 9.44 Å². The molecule has 2 N–H and O–H groups in total. The minimum atomic E-state index is -3.23. The van der Waals surface area contributed by atoms with E-state index in [-0.39, 0.29) is 6.04 Å². The zero-order valence-corrected chi connectivity index (χ0v) is 8.86. The first-order valence-electron chi connectivity index (χ1n) is 4.91. The summed E-state index contributed by atoms with van der Waals surface area (Å²) in [6.07, 6.45) is 5.06. The van der Waals surface area contributed by atoms with E-state index < -0.39 is 10.2 Å². The van der Waals surface area contributed by atoms with Crippen LogP contribution in [0.15, 0.2) is 0 Å². The predicted octanol–water partition coefficient (Wildman–Crippen LogP) is 0.763. The van der Waals surface area contributed by atoms with E-state index in [9.17, 15) is 8.42 Å². The molecule has 0 aromatic heterocycles. The molecule has 13 heavy (non-hydrogen) atoms. The fraction of sp³-hybridized carbons (Fsp3) is 1.00. The molecule has 0 aromatic rings. The van der Waals surface area contributed by atoms with Crippen molar-refractivity contribution in [1.29, 1.82) is 0 Å². The lowest BCUT2D eigenvalue weighted by atomic mass is 10.3. The van der Waals surface area contributed by atoms with Crippen LogP contribution in [0.2, 0.25) is 0 Å². The standard InChI is InChI=1S/C8H18N2O2S/c1-2-7-9-13(11,12)10-8-5-3-4-6-8/h8-10H,2-7H2,1H3. The second-order valence-electron chi connectivity index (χ2n) is 3.50. The monoisotopic (exact) mass is 206 g/mol. The number of hydrogen-bond acceptors (Lipinski definition) is 2. The molecule has 0 heterocycles. The normalized spacial score (nSPS) is 19.5. The van der Waals surface area contributed by atoms with Crippen molar-refractivity contribution >= 4 is 10.2 Å². The van der Waals surface area contributed by atoms with Crippen molar-refractivity contribution < 1.29 is 8.42 Å². The highest BCUT2D eigenvalue weighted by Crippen LogP contribution is 2.17. The molecule has 5 heteroatoms. The van der Waals surface area contributed by atoms with Crippen LogP contribution in [0.1, 0.15) is 39.0 Å². The predicted molar refractivity (Wildman–Crippen MR) is 52.6 cm³/mol.